The molecule has 0 saturated carbocycles. The Balaban J connectivity index is 1.25. The van der Waals surface area contributed by atoms with Crippen LogP contribution < -0.4 is 15.4 Å². The molecule has 0 aromatic heterocycles. The molecule has 0 spiro atoms. The maximum absolute atomic E-state index is 13.1. The van der Waals surface area contributed by atoms with Crippen LogP contribution in [0.3, 0.4) is 0 Å². The summed E-state index contributed by atoms with van der Waals surface area (Å²) in [6.07, 6.45) is 0.238. The number of anilines is 2. The third-order valence-corrected chi connectivity index (χ3v) is 7.50. The van der Waals surface area contributed by atoms with Gasteiger partial charge in [-0.2, -0.15) is 0 Å². The summed E-state index contributed by atoms with van der Waals surface area (Å²) in [5.74, 6) is 0.636. The number of rotatable bonds is 8. The number of ether oxygens (including phenoxy) is 1. The van der Waals surface area contributed by atoms with E-state index in [0.29, 0.717) is 6.54 Å². The Hall–Kier alpha value is -3.09. The fourth-order valence-corrected chi connectivity index (χ4v) is 4.91. The van der Waals surface area contributed by atoms with Gasteiger partial charge in [0.1, 0.15) is 24.3 Å². The summed E-state index contributed by atoms with van der Waals surface area (Å²) in [6, 6.07) is 15.3. The van der Waals surface area contributed by atoms with Crippen molar-refractivity contribution in [2.24, 2.45) is 0 Å². The van der Waals surface area contributed by atoms with E-state index in [2.05, 4.69) is 34.1 Å². The SMILES string of the molecule is Cc1c(C)c(OCC(O)CN2CCN(c3ccc(Cc4ccc(F)cc4)cc3)CC2)c(C)c(C)c1N. The number of aliphatic hydroxyl groups excluding tert-OH is 1. The van der Waals surface area contributed by atoms with Gasteiger partial charge in [0.05, 0.1) is 0 Å². The number of aliphatic hydroxyl groups is 1. The molecule has 0 aliphatic carbocycles. The number of halogens is 1. The minimum atomic E-state index is -0.556. The fraction of sp³-hybridized carbons (Fsp3) is 0.400. The Kier molecular flexibility index (Phi) is 8.17. The molecule has 0 amide bonds. The Morgan fingerprint density at radius 2 is 1.36 bits per heavy atom. The smallest absolute Gasteiger partial charge is 0.125 e. The van der Waals surface area contributed by atoms with Crippen LogP contribution in [0.15, 0.2) is 48.5 Å². The van der Waals surface area contributed by atoms with Gasteiger partial charge in [0.2, 0.25) is 0 Å². The Labute approximate surface area is 214 Å². The van der Waals surface area contributed by atoms with E-state index in [0.717, 1.165) is 71.9 Å². The van der Waals surface area contributed by atoms with Crippen LogP contribution in [0, 0.1) is 33.5 Å². The third-order valence-electron chi connectivity index (χ3n) is 7.50. The van der Waals surface area contributed by atoms with Crippen LogP contribution in [-0.2, 0) is 6.42 Å². The van der Waals surface area contributed by atoms with Crippen LogP contribution in [0.1, 0.15) is 33.4 Å². The second-order valence-electron chi connectivity index (χ2n) is 9.96. The average molecular weight is 492 g/mol. The molecule has 4 rings (SSSR count). The Morgan fingerprint density at radius 1 is 0.833 bits per heavy atom. The molecule has 1 fully saturated rings. The maximum Gasteiger partial charge on any atom is 0.125 e. The molecular formula is C30H38FN3O2. The molecule has 36 heavy (non-hydrogen) atoms. The maximum atomic E-state index is 13.1. The van der Waals surface area contributed by atoms with Crippen LogP contribution >= 0.6 is 0 Å². The minimum Gasteiger partial charge on any atom is -0.490 e. The Bertz CT molecular complexity index is 1140. The van der Waals surface area contributed by atoms with Crippen LogP contribution in [0.25, 0.3) is 0 Å². The summed E-state index contributed by atoms with van der Waals surface area (Å²) in [7, 11) is 0. The molecule has 1 saturated heterocycles. The van der Waals surface area contributed by atoms with Crippen LogP contribution in [0.5, 0.6) is 5.75 Å². The molecule has 0 bridgehead atoms. The van der Waals surface area contributed by atoms with Gasteiger partial charge in [0.15, 0.2) is 0 Å². The van der Waals surface area contributed by atoms with Gasteiger partial charge >= 0.3 is 0 Å². The highest BCUT2D eigenvalue weighted by Gasteiger charge is 2.21. The second-order valence-corrected chi connectivity index (χ2v) is 9.96. The quantitative estimate of drug-likeness (QED) is 0.444. The lowest BCUT2D eigenvalue weighted by atomic mass is 9.97. The summed E-state index contributed by atoms with van der Waals surface area (Å²) >= 11 is 0. The van der Waals surface area contributed by atoms with Crippen molar-refractivity contribution in [2.75, 3.05) is 50.0 Å². The van der Waals surface area contributed by atoms with Crippen molar-refractivity contribution in [2.45, 2.75) is 40.2 Å². The number of β-amino-alcohol motifs (C(OH)–C–C–N with tert-alkyl or cyclic N) is 1. The number of benzene rings is 3. The van der Waals surface area contributed by atoms with Crippen molar-refractivity contribution in [3.05, 3.63) is 87.7 Å². The average Bonchev–Trinajstić information content (AvgIpc) is 2.88. The van der Waals surface area contributed by atoms with Crippen LogP contribution in [-0.4, -0.2) is 55.4 Å². The monoisotopic (exact) mass is 491 g/mol. The van der Waals surface area contributed by atoms with Gasteiger partial charge in [-0.15, -0.1) is 0 Å². The molecule has 0 radical (unpaired) electrons. The first-order valence-electron chi connectivity index (χ1n) is 12.7. The summed E-state index contributed by atoms with van der Waals surface area (Å²) < 4.78 is 19.2. The standard InChI is InChI=1S/C30H38FN3O2/c1-20-22(3)30(23(4)21(2)29(20)32)36-19-28(35)18-33-13-15-34(16-14-33)27-11-7-25(8-12-27)17-24-5-9-26(31)10-6-24/h5-12,28,35H,13-19,32H2,1-4H3. The predicted octanol–water partition coefficient (Wildman–Crippen LogP) is 4.79. The van der Waals surface area contributed by atoms with Crippen molar-refractivity contribution < 1.29 is 14.2 Å². The molecule has 3 N–H and O–H groups in total. The van der Waals surface area contributed by atoms with Crippen molar-refractivity contribution in [3.8, 4) is 5.75 Å². The van der Waals surface area contributed by atoms with Gasteiger partial charge in [-0.25, -0.2) is 4.39 Å². The van der Waals surface area contributed by atoms with Gasteiger partial charge in [-0.05, 0) is 91.8 Å². The van der Waals surface area contributed by atoms with Gasteiger partial charge in [-0.3, -0.25) is 4.90 Å². The zero-order chi connectivity index (χ0) is 25.8. The number of nitrogens with two attached hydrogens (primary N) is 1. The lowest BCUT2D eigenvalue weighted by Crippen LogP contribution is -2.49. The van der Waals surface area contributed by atoms with E-state index in [-0.39, 0.29) is 12.4 Å². The second kappa shape index (κ2) is 11.3. The normalized spacial score (nSPS) is 15.2. The van der Waals surface area contributed by atoms with Gasteiger partial charge in [-0.1, -0.05) is 24.3 Å². The van der Waals surface area contributed by atoms with Crippen LogP contribution in [0.4, 0.5) is 15.8 Å². The van der Waals surface area contributed by atoms with Crippen LogP contribution in [0.2, 0.25) is 0 Å². The largest absolute Gasteiger partial charge is 0.490 e. The van der Waals surface area contributed by atoms with Gasteiger partial charge in [0, 0.05) is 44.1 Å². The van der Waals surface area contributed by atoms with E-state index in [4.69, 9.17) is 10.5 Å². The van der Waals surface area contributed by atoms with E-state index in [1.54, 1.807) is 0 Å². The fourth-order valence-electron chi connectivity index (χ4n) is 4.91. The number of nitrogens with zero attached hydrogens (tertiary/aromatic N) is 2. The van der Waals surface area contributed by atoms with E-state index >= 15 is 0 Å². The molecular weight excluding hydrogens is 453 g/mol. The molecule has 5 nitrogen and oxygen atoms in total. The summed E-state index contributed by atoms with van der Waals surface area (Å²) in [5.41, 5.74) is 14.7. The number of piperazine rings is 1. The lowest BCUT2D eigenvalue weighted by molar-refractivity contribution is 0.0658. The Morgan fingerprint density at radius 3 is 1.92 bits per heavy atom. The molecule has 1 aliphatic heterocycles. The third kappa shape index (κ3) is 6.00. The lowest BCUT2D eigenvalue weighted by Gasteiger charge is -2.37. The van der Waals surface area contributed by atoms with E-state index in [1.165, 1.54) is 23.4 Å². The topological polar surface area (TPSA) is 62.0 Å². The van der Waals surface area contributed by atoms with Gasteiger partial charge < -0.3 is 20.5 Å². The number of hydrogen-bond donors (Lipinski definition) is 2. The predicted molar refractivity (Wildman–Crippen MR) is 146 cm³/mol. The van der Waals surface area contributed by atoms with E-state index in [9.17, 15) is 9.50 Å². The highest BCUT2D eigenvalue weighted by atomic mass is 19.1. The van der Waals surface area contributed by atoms with E-state index < -0.39 is 6.10 Å². The summed E-state index contributed by atoms with van der Waals surface area (Å²) in [4.78, 5) is 4.68. The molecule has 1 unspecified atom stereocenters. The van der Waals surface area contributed by atoms with Gasteiger partial charge in [0.25, 0.3) is 0 Å². The van der Waals surface area contributed by atoms with Crippen molar-refractivity contribution in [3.63, 3.8) is 0 Å². The van der Waals surface area contributed by atoms with Crippen molar-refractivity contribution in [1.29, 1.82) is 0 Å². The molecule has 1 heterocycles. The van der Waals surface area contributed by atoms with E-state index in [1.807, 2.05) is 39.8 Å². The zero-order valence-electron chi connectivity index (χ0n) is 21.9. The molecule has 6 heteroatoms. The molecule has 1 aliphatic rings. The van der Waals surface area contributed by atoms with Crippen molar-refractivity contribution >= 4 is 11.4 Å². The first kappa shape index (κ1) is 26.0. The number of hydrogen-bond acceptors (Lipinski definition) is 5. The van der Waals surface area contributed by atoms with Crippen molar-refractivity contribution in [1.82, 2.24) is 4.90 Å². The first-order chi connectivity index (χ1) is 17.2. The summed E-state index contributed by atoms with van der Waals surface area (Å²) in [5, 5.41) is 10.7. The molecule has 1 atom stereocenters. The zero-order valence-corrected chi connectivity index (χ0v) is 21.9. The number of nitrogen functional groups attached to an aromatic ring is 1. The first-order valence-corrected chi connectivity index (χ1v) is 12.7. The highest BCUT2D eigenvalue weighted by molar-refractivity contribution is 5.64. The minimum absolute atomic E-state index is 0.203. The molecule has 3 aromatic carbocycles. The molecule has 192 valence electrons. The molecule has 3 aromatic rings. The highest BCUT2D eigenvalue weighted by Crippen LogP contribution is 2.34. The summed E-state index contributed by atoms with van der Waals surface area (Å²) in [6.45, 7) is 12.6.